The molecule has 0 spiro atoms. The van der Waals surface area contributed by atoms with Gasteiger partial charge >= 0.3 is 0 Å². The number of carbonyl (C=O) groups is 3. The van der Waals surface area contributed by atoms with Gasteiger partial charge in [0.1, 0.15) is 6.04 Å². The van der Waals surface area contributed by atoms with Gasteiger partial charge in [-0.2, -0.15) is 0 Å². The number of amides is 3. The van der Waals surface area contributed by atoms with E-state index in [0.717, 1.165) is 23.2 Å². The van der Waals surface area contributed by atoms with E-state index in [4.69, 9.17) is 0 Å². The average Bonchev–Trinajstić information content (AvgIpc) is 3.45. The molecule has 2 saturated heterocycles. The van der Waals surface area contributed by atoms with Crippen LogP contribution >= 0.6 is 0 Å². The Balaban J connectivity index is 1.29. The van der Waals surface area contributed by atoms with Crippen molar-refractivity contribution in [2.24, 2.45) is 5.92 Å². The lowest BCUT2D eigenvalue weighted by molar-refractivity contribution is -0.132. The number of hydrogen-bond acceptors (Lipinski definition) is 5. The number of nitrogens with one attached hydrogen (secondary N) is 4. The minimum absolute atomic E-state index is 0.0206. The third kappa shape index (κ3) is 4.60. The Labute approximate surface area is 181 Å². The van der Waals surface area contributed by atoms with Crippen LogP contribution in [0.15, 0.2) is 54.6 Å². The third-order valence-corrected chi connectivity index (χ3v) is 5.89. The van der Waals surface area contributed by atoms with Crippen LogP contribution in [0.5, 0.6) is 0 Å². The molecule has 4 N–H and O–H groups in total. The van der Waals surface area contributed by atoms with Crippen molar-refractivity contribution in [1.29, 1.82) is 0 Å². The Morgan fingerprint density at radius 1 is 1.00 bits per heavy atom. The van der Waals surface area contributed by atoms with E-state index in [1.165, 1.54) is 0 Å². The second kappa shape index (κ2) is 9.28. The molecule has 162 valence electrons. The predicted octanol–water partition coefficient (Wildman–Crippen LogP) is 1.36. The summed E-state index contributed by atoms with van der Waals surface area (Å²) in [6.45, 7) is 2.34. The zero-order chi connectivity index (χ0) is 21.8. The van der Waals surface area contributed by atoms with Crippen molar-refractivity contribution in [3.05, 3.63) is 65.7 Å². The highest BCUT2D eigenvalue weighted by atomic mass is 16.2. The summed E-state index contributed by atoms with van der Waals surface area (Å²) in [5.41, 5.74) is 14.1. The molecule has 2 aliphatic heterocycles. The predicted molar refractivity (Wildman–Crippen MR) is 116 cm³/mol. The molecule has 0 bridgehead atoms. The van der Waals surface area contributed by atoms with Crippen molar-refractivity contribution in [2.75, 3.05) is 11.4 Å². The molecule has 2 aromatic carbocycles. The summed E-state index contributed by atoms with van der Waals surface area (Å²) in [7, 11) is 0. The fourth-order valence-corrected chi connectivity index (χ4v) is 4.13. The first-order chi connectivity index (χ1) is 15.1. The van der Waals surface area contributed by atoms with Gasteiger partial charge in [-0.05, 0) is 30.0 Å². The lowest BCUT2D eigenvalue weighted by atomic mass is 10.0. The van der Waals surface area contributed by atoms with Crippen LogP contribution in [-0.4, -0.2) is 30.3 Å². The number of rotatable bonds is 5. The van der Waals surface area contributed by atoms with Gasteiger partial charge in [-0.3, -0.25) is 25.2 Å². The molecule has 2 aliphatic rings. The van der Waals surface area contributed by atoms with Gasteiger partial charge in [-0.25, -0.2) is 10.9 Å². The van der Waals surface area contributed by atoms with E-state index in [-0.39, 0.29) is 30.2 Å². The Hall–Kier alpha value is -3.23. The number of nitrogens with zero attached hydrogens (tertiary/aromatic N) is 1. The molecule has 2 aromatic rings. The molecule has 2 fully saturated rings. The zero-order valence-electron chi connectivity index (χ0n) is 17.4. The summed E-state index contributed by atoms with van der Waals surface area (Å²) in [4.78, 5) is 39.2. The monoisotopic (exact) mass is 421 g/mol. The number of para-hydroxylation sites is 1. The standard InChI is InChI=1S/C23H27N5O3/c1-2-15-8-6-7-11-20(15)28-14-17(12-21(28)29)22(30)26-27-23(31)19-13-18(24-25-19)16-9-4-3-5-10-16/h3-11,17-19,24-25H,2,12-14H2,1H3,(H,26,30)(H,27,31). The fourth-order valence-electron chi connectivity index (χ4n) is 4.13. The van der Waals surface area contributed by atoms with E-state index in [1.807, 2.05) is 61.5 Å². The lowest BCUT2D eigenvalue weighted by Gasteiger charge is -2.20. The second-order valence-corrected chi connectivity index (χ2v) is 7.91. The maximum absolute atomic E-state index is 12.6. The molecule has 3 amide bonds. The minimum Gasteiger partial charge on any atom is -0.311 e. The first kappa shape index (κ1) is 21.0. The van der Waals surface area contributed by atoms with Crippen LogP contribution in [-0.2, 0) is 20.8 Å². The SMILES string of the molecule is CCc1ccccc1N1CC(C(=O)NNC(=O)C2CC(c3ccccc3)NN2)CC1=O. The second-order valence-electron chi connectivity index (χ2n) is 7.91. The van der Waals surface area contributed by atoms with Gasteiger partial charge < -0.3 is 4.90 Å². The van der Waals surface area contributed by atoms with Crippen LogP contribution in [0.2, 0.25) is 0 Å². The van der Waals surface area contributed by atoms with Crippen LogP contribution in [0.4, 0.5) is 5.69 Å². The molecule has 8 nitrogen and oxygen atoms in total. The van der Waals surface area contributed by atoms with Gasteiger partial charge in [-0.15, -0.1) is 0 Å². The Morgan fingerprint density at radius 2 is 1.71 bits per heavy atom. The van der Waals surface area contributed by atoms with Crippen molar-refractivity contribution >= 4 is 23.4 Å². The summed E-state index contributed by atoms with van der Waals surface area (Å²) in [5.74, 6) is -1.27. The van der Waals surface area contributed by atoms with E-state index in [2.05, 4.69) is 21.7 Å². The van der Waals surface area contributed by atoms with Crippen molar-refractivity contribution in [3.63, 3.8) is 0 Å². The van der Waals surface area contributed by atoms with Crippen LogP contribution in [0.25, 0.3) is 0 Å². The van der Waals surface area contributed by atoms with Crippen LogP contribution < -0.4 is 26.6 Å². The van der Waals surface area contributed by atoms with Crippen molar-refractivity contribution in [3.8, 4) is 0 Å². The normalized spacial score (nSPS) is 23.1. The number of hydrogen-bond donors (Lipinski definition) is 4. The smallest absolute Gasteiger partial charge is 0.256 e. The third-order valence-electron chi connectivity index (χ3n) is 5.89. The van der Waals surface area contributed by atoms with Crippen molar-refractivity contribution in [2.45, 2.75) is 38.3 Å². The molecule has 4 rings (SSSR count). The molecule has 0 aromatic heterocycles. The quantitative estimate of drug-likeness (QED) is 0.546. The van der Waals surface area contributed by atoms with E-state index in [0.29, 0.717) is 13.0 Å². The first-order valence-electron chi connectivity index (χ1n) is 10.6. The molecule has 31 heavy (non-hydrogen) atoms. The van der Waals surface area contributed by atoms with Gasteiger partial charge in [0.2, 0.25) is 11.8 Å². The van der Waals surface area contributed by atoms with Crippen LogP contribution in [0.1, 0.15) is 36.9 Å². The number of aryl methyl sites for hydroxylation is 1. The maximum atomic E-state index is 12.6. The minimum atomic E-state index is -0.510. The van der Waals surface area contributed by atoms with Gasteiger partial charge in [0.05, 0.1) is 5.92 Å². The van der Waals surface area contributed by atoms with Gasteiger partial charge in [0.15, 0.2) is 0 Å². The van der Waals surface area contributed by atoms with Gasteiger partial charge in [-0.1, -0.05) is 55.5 Å². The lowest BCUT2D eigenvalue weighted by Crippen LogP contribution is -2.51. The Bertz CT molecular complexity index is 965. The molecule has 2 heterocycles. The first-order valence-corrected chi connectivity index (χ1v) is 10.6. The van der Waals surface area contributed by atoms with Gasteiger partial charge in [0, 0.05) is 24.7 Å². The van der Waals surface area contributed by atoms with E-state index in [1.54, 1.807) is 4.90 Å². The van der Waals surface area contributed by atoms with Crippen molar-refractivity contribution in [1.82, 2.24) is 21.7 Å². The summed E-state index contributed by atoms with van der Waals surface area (Å²) in [6.07, 6.45) is 1.49. The summed E-state index contributed by atoms with van der Waals surface area (Å²) in [5, 5.41) is 0. The molecule has 0 radical (unpaired) electrons. The van der Waals surface area contributed by atoms with E-state index >= 15 is 0 Å². The molecule has 0 saturated carbocycles. The highest BCUT2D eigenvalue weighted by Crippen LogP contribution is 2.28. The highest BCUT2D eigenvalue weighted by Gasteiger charge is 2.36. The van der Waals surface area contributed by atoms with Gasteiger partial charge in [0.25, 0.3) is 5.91 Å². The summed E-state index contributed by atoms with van der Waals surface area (Å²) >= 11 is 0. The van der Waals surface area contributed by atoms with E-state index < -0.39 is 12.0 Å². The zero-order valence-corrected chi connectivity index (χ0v) is 17.4. The molecule has 3 atom stereocenters. The molecule has 8 heteroatoms. The number of benzene rings is 2. The molecular weight excluding hydrogens is 394 g/mol. The molecular formula is C23H27N5O3. The summed E-state index contributed by atoms with van der Waals surface area (Å²) < 4.78 is 0. The topological polar surface area (TPSA) is 103 Å². The highest BCUT2D eigenvalue weighted by molar-refractivity contribution is 6.01. The van der Waals surface area contributed by atoms with E-state index in [9.17, 15) is 14.4 Å². The number of carbonyl (C=O) groups excluding carboxylic acids is 3. The molecule has 0 aliphatic carbocycles. The number of anilines is 1. The Morgan fingerprint density at radius 3 is 2.48 bits per heavy atom. The van der Waals surface area contributed by atoms with Crippen LogP contribution in [0.3, 0.4) is 0 Å². The summed E-state index contributed by atoms with van der Waals surface area (Å²) in [6, 6.07) is 17.1. The maximum Gasteiger partial charge on any atom is 0.256 e. The average molecular weight is 422 g/mol. The number of hydrazine groups is 2. The van der Waals surface area contributed by atoms with Crippen molar-refractivity contribution < 1.29 is 14.4 Å². The van der Waals surface area contributed by atoms with Crippen LogP contribution in [0, 0.1) is 5.92 Å². The Kier molecular flexibility index (Phi) is 6.29. The fraction of sp³-hybridized carbons (Fsp3) is 0.348. The molecule has 3 unspecified atom stereocenters. The largest absolute Gasteiger partial charge is 0.311 e.